The van der Waals surface area contributed by atoms with Crippen molar-refractivity contribution in [1.82, 2.24) is 15.5 Å². The maximum absolute atomic E-state index is 12.9. The summed E-state index contributed by atoms with van der Waals surface area (Å²) in [4.78, 5) is 24.2. The number of carbonyl (C=O) groups is 2. The van der Waals surface area contributed by atoms with E-state index in [1.165, 1.54) is 36.0 Å². The second kappa shape index (κ2) is 10.7. The lowest BCUT2D eigenvalue weighted by molar-refractivity contribution is -0.118. The molecule has 2 N–H and O–H groups in total. The van der Waals surface area contributed by atoms with Crippen LogP contribution in [0.25, 0.3) is 0 Å². The van der Waals surface area contributed by atoms with Gasteiger partial charge in [-0.25, -0.2) is 4.39 Å². The average Bonchev–Trinajstić information content (AvgIpc) is 3.23. The topological polar surface area (TPSA) is 93.2 Å². The summed E-state index contributed by atoms with van der Waals surface area (Å²) in [5, 5.41) is 13.4. The van der Waals surface area contributed by atoms with Crippen LogP contribution >= 0.6 is 23.1 Å². The maximum Gasteiger partial charge on any atom is 0.286 e. The minimum absolute atomic E-state index is 0.151. The van der Waals surface area contributed by atoms with Crippen LogP contribution in [-0.4, -0.2) is 34.4 Å². The molecule has 1 heterocycles. The van der Waals surface area contributed by atoms with Gasteiger partial charge in [-0.3, -0.25) is 9.59 Å². The highest BCUT2D eigenvalue weighted by Crippen LogP contribution is 2.23. The Kier molecular flexibility index (Phi) is 7.75. The van der Waals surface area contributed by atoms with E-state index in [2.05, 4.69) is 20.8 Å². The fraction of sp³-hybridized carbons (Fsp3) is 0.200. The Morgan fingerprint density at radius 1 is 1.10 bits per heavy atom. The number of halogens is 1. The van der Waals surface area contributed by atoms with Gasteiger partial charge in [0.05, 0.1) is 12.4 Å². The number of benzene rings is 2. The van der Waals surface area contributed by atoms with Gasteiger partial charge in [0.25, 0.3) is 5.91 Å². The van der Waals surface area contributed by atoms with E-state index in [4.69, 9.17) is 4.74 Å². The molecular formula is C20H19FN4O3S2. The third kappa shape index (κ3) is 6.53. The molecule has 0 atom stereocenters. The van der Waals surface area contributed by atoms with Crippen LogP contribution in [0.2, 0.25) is 0 Å². The first-order chi connectivity index (χ1) is 14.5. The maximum atomic E-state index is 12.9. The average molecular weight is 447 g/mol. The number of hydrogen-bond acceptors (Lipinski definition) is 7. The van der Waals surface area contributed by atoms with Crippen molar-refractivity contribution in [1.29, 1.82) is 0 Å². The number of aromatic nitrogens is 2. The molecule has 3 aromatic rings. The van der Waals surface area contributed by atoms with E-state index < -0.39 is 5.91 Å². The third-order valence-corrected chi connectivity index (χ3v) is 5.81. The number of nitrogens with one attached hydrogen (secondary N) is 2. The van der Waals surface area contributed by atoms with Crippen LogP contribution in [-0.2, 0) is 11.3 Å². The highest BCUT2D eigenvalue weighted by Gasteiger charge is 2.14. The lowest BCUT2D eigenvalue weighted by Gasteiger charge is -2.06. The summed E-state index contributed by atoms with van der Waals surface area (Å²) in [7, 11) is 0. The van der Waals surface area contributed by atoms with Crippen LogP contribution in [0.4, 0.5) is 10.1 Å². The van der Waals surface area contributed by atoms with Crippen molar-refractivity contribution < 1.29 is 18.7 Å². The summed E-state index contributed by atoms with van der Waals surface area (Å²) in [6, 6.07) is 12.9. The van der Waals surface area contributed by atoms with Gasteiger partial charge >= 0.3 is 0 Å². The first kappa shape index (κ1) is 21.7. The second-order valence-electron chi connectivity index (χ2n) is 5.98. The molecule has 0 aliphatic carbocycles. The summed E-state index contributed by atoms with van der Waals surface area (Å²) in [6.45, 7) is 2.94. The SMILES string of the molecule is CCOc1ccc(CNC(=O)CSc2nnc(C(=O)Nc3ccc(F)cc3)s2)cc1. The zero-order valence-corrected chi connectivity index (χ0v) is 17.7. The smallest absolute Gasteiger partial charge is 0.286 e. The molecule has 1 aromatic heterocycles. The molecule has 2 amide bonds. The minimum Gasteiger partial charge on any atom is -0.494 e. The Bertz CT molecular complexity index is 994. The molecule has 0 bridgehead atoms. The summed E-state index contributed by atoms with van der Waals surface area (Å²) in [5.41, 5.74) is 1.42. The van der Waals surface area contributed by atoms with Gasteiger partial charge in [-0.15, -0.1) is 10.2 Å². The van der Waals surface area contributed by atoms with Crippen LogP contribution < -0.4 is 15.4 Å². The number of anilines is 1. The first-order valence-corrected chi connectivity index (χ1v) is 10.9. The van der Waals surface area contributed by atoms with Crippen molar-refractivity contribution in [2.75, 3.05) is 17.7 Å². The summed E-state index contributed by atoms with van der Waals surface area (Å²) < 4.78 is 18.8. The van der Waals surface area contributed by atoms with Crippen LogP contribution in [0, 0.1) is 5.82 Å². The molecule has 2 aromatic carbocycles. The van der Waals surface area contributed by atoms with Crippen molar-refractivity contribution >= 4 is 40.6 Å². The van der Waals surface area contributed by atoms with Crippen molar-refractivity contribution in [2.24, 2.45) is 0 Å². The van der Waals surface area contributed by atoms with Gasteiger partial charge in [-0.2, -0.15) is 0 Å². The number of nitrogens with zero attached hydrogens (tertiary/aromatic N) is 2. The van der Waals surface area contributed by atoms with E-state index in [0.29, 0.717) is 23.2 Å². The largest absolute Gasteiger partial charge is 0.494 e. The quantitative estimate of drug-likeness (QED) is 0.487. The summed E-state index contributed by atoms with van der Waals surface area (Å²) >= 11 is 2.29. The van der Waals surface area contributed by atoms with E-state index in [0.717, 1.165) is 22.6 Å². The standard InChI is InChI=1S/C20H19FN4O3S2/c1-2-28-16-9-3-13(4-10-16)11-22-17(26)12-29-20-25-24-19(30-20)18(27)23-15-7-5-14(21)6-8-15/h3-10H,2,11-12H2,1H3,(H,22,26)(H,23,27). The molecule has 30 heavy (non-hydrogen) atoms. The van der Waals surface area contributed by atoms with Crippen LogP contribution in [0.1, 0.15) is 22.3 Å². The van der Waals surface area contributed by atoms with Crippen LogP contribution in [0.15, 0.2) is 52.9 Å². The highest BCUT2D eigenvalue weighted by atomic mass is 32.2. The molecule has 0 unspecified atom stereocenters. The van der Waals surface area contributed by atoms with E-state index in [1.807, 2.05) is 31.2 Å². The van der Waals surface area contributed by atoms with Gasteiger partial charge in [0.2, 0.25) is 10.9 Å². The fourth-order valence-corrected chi connectivity index (χ4v) is 3.90. The van der Waals surface area contributed by atoms with Crippen molar-refractivity contribution in [3.8, 4) is 5.75 Å². The van der Waals surface area contributed by atoms with Gasteiger partial charge in [-0.05, 0) is 48.9 Å². The van der Waals surface area contributed by atoms with Gasteiger partial charge in [0.15, 0.2) is 4.34 Å². The molecule has 0 radical (unpaired) electrons. The molecule has 0 saturated carbocycles. The molecular weight excluding hydrogens is 427 g/mol. The Morgan fingerprint density at radius 3 is 2.53 bits per heavy atom. The Morgan fingerprint density at radius 2 is 1.83 bits per heavy atom. The number of amides is 2. The Hall–Kier alpha value is -2.98. The molecule has 0 aliphatic heterocycles. The fourth-order valence-electron chi connectivity index (χ4n) is 2.33. The normalized spacial score (nSPS) is 10.5. The molecule has 0 saturated heterocycles. The van der Waals surface area contributed by atoms with Crippen LogP contribution in [0.3, 0.4) is 0 Å². The predicted octanol–water partition coefficient (Wildman–Crippen LogP) is 3.74. The highest BCUT2D eigenvalue weighted by molar-refractivity contribution is 8.01. The summed E-state index contributed by atoms with van der Waals surface area (Å²) in [5.74, 6) is -0.0278. The molecule has 10 heteroatoms. The zero-order chi connectivity index (χ0) is 21.3. The molecule has 0 fully saturated rings. The number of rotatable bonds is 9. The van der Waals surface area contributed by atoms with E-state index in [9.17, 15) is 14.0 Å². The Labute approximate surface area is 181 Å². The number of hydrogen-bond donors (Lipinski definition) is 2. The molecule has 0 spiro atoms. The van der Waals surface area contributed by atoms with E-state index in [1.54, 1.807) is 0 Å². The van der Waals surface area contributed by atoms with Gasteiger partial charge in [0, 0.05) is 12.2 Å². The third-order valence-electron chi connectivity index (χ3n) is 3.75. The van der Waals surface area contributed by atoms with Gasteiger partial charge in [0.1, 0.15) is 11.6 Å². The first-order valence-electron chi connectivity index (χ1n) is 9.05. The monoisotopic (exact) mass is 446 g/mol. The lowest BCUT2D eigenvalue weighted by Crippen LogP contribution is -2.24. The van der Waals surface area contributed by atoms with Gasteiger partial charge < -0.3 is 15.4 Å². The van der Waals surface area contributed by atoms with Crippen molar-refractivity contribution in [2.45, 2.75) is 17.8 Å². The van der Waals surface area contributed by atoms with Crippen LogP contribution in [0.5, 0.6) is 5.75 Å². The molecule has 0 aliphatic rings. The predicted molar refractivity (Wildman–Crippen MR) is 114 cm³/mol. The molecule has 7 nitrogen and oxygen atoms in total. The van der Waals surface area contributed by atoms with E-state index in [-0.39, 0.29) is 22.5 Å². The second-order valence-corrected chi connectivity index (χ2v) is 8.18. The molecule has 3 rings (SSSR count). The minimum atomic E-state index is -0.439. The Balaban J connectivity index is 1.43. The lowest BCUT2D eigenvalue weighted by atomic mass is 10.2. The zero-order valence-electron chi connectivity index (χ0n) is 16.1. The van der Waals surface area contributed by atoms with Gasteiger partial charge in [-0.1, -0.05) is 35.2 Å². The van der Waals surface area contributed by atoms with E-state index >= 15 is 0 Å². The summed E-state index contributed by atoms with van der Waals surface area (Å²) in [6.07, 6.45) is 0. The van der Waals surface area contributed by atoms with Crippen molar-refractivity contribution in [3.63, 3.8) is 0 Å². The van der Waals surface area contributed by atoms with Crippen molar-refractivity contribution in [3.05, 3.63) is 64.9 Å². The number of ether oxygens (including phenoxy) is 1. The number of carbonyl (C=O) groups excluding carboxylic acids is 2. The number of thioether (sulfide) groups is 1. The molecule has 156 valence electrons.